The van der Waals surface area contributed by atoms with Crippen molar-refractivity contribution in [1.29, 1.82) is 0 Å². The Kier molecular flexibility index (Phi) is 6.90. The summed E-state index contributed by atoms with van der Waals surface area (Å²) in [7, 11) is 0. The third kappa shape index (κ3) is 5.26. The standard InChI is InChI=1S/C23H21F6N2O4S/c24-22(25,26)19(32)17-7-8-18(36-17)20(33)30-9-11-31(12-10-30,35-21(34)23(27,28)29)16-6-5-14-3-1-2-4-15(14)13-16/h1-4,7-8,16H,5-6,9-13H2/q+1. The summed E-state index contributed by atoms with van der Waals surface area (Å²) >= 11 is 0.404. The summed E-state index contributed by atoms with van der Waals surface area (Å²) in [5.41, 5.74) is 2.03. The minimum Gasteiger partial charge on any atom is -0.326 e. The molecular formula is C23H21F6N2O4S+. The summed E-state index contributed by atoms with van der Waals surface area (Å²) in [6.07, 6.45) is -8.80. The zero-order chi connectivity index (χ0) is 26.3. The van der Waals surface area contributed by atoms with Gasteiger partial charge >= 0.3 is 18.3 Å². The first-order valence-electron chi connectivity index (χ1n) is 11.0. The van der Waals surface area contributed by atoms with Crippen LogP contribution in [0.15, 0.2) is 36.4 Å². The number of aryl methyl sites for hydroxylation is 1. The van der Waals surface area contributed by atoms with Crippen molar-refractivity contribution in [2.75, 3.05) is 26.2 Å². The summed E-state index contributed by atoms with van der Waals surface area (Å²) in [5, 5.41) is 0. The minimum atomic E-state index is -5.19. The van der Waals surface area contributed by atoms with Crippen molar-refractivity contribution in [2.45, 2.75) is 37.7 Å². The van der Waals surface area contributed by atoms with E-state index in [9.17, 15) is 40.7 Å². The van der Waals surface area contributed by atoms with Gasteiger partial charge in [-0.15, -0.1) is 16.0 Å². The number of carbonyl (C=O) groups excluding carboxylic acids is 3. The summed E-state index contributed by atoms with van der Waals surface area (Å²) < 4.78 is 76.8. The van der Waals surface area contributed by atoms with E-state index >= 15 is 0 Å². The quantitative estimate of drug-likeness (QED) is 0.332. The van der Waals surface area contributed by atoms with Crippen molar-refractivity contribution in [1.82, 2.24) is 4.90 Å². The largest absolute Gasteiger partial charge is 0.497 e. The number of thiophene rings is 1. The Morgan fingerprint density at radius 3 is 2.11 bits per heavy atom. The molecule has 194 valence electrons. The second kappa shape index (κ2) is 9.51. The fourth-order valence-corrected chi connectivity index (χ4v) is 5.64. The lowest BCUT2D eigenvalue weighted by molar-refractivity contribution is -1.11. The van der Waals surface area contributed by atoms with E-state index in [4.69, 9.17) is 4.84 Å². The Morgan fingerprint density at radius 1 is 0.889 bits per heavy atom. The fourth-order valence-electron chi connectivity index (χ4n) is 4.71. The van der Waals surface area contributed by atoms with E-state index in [1.54, 1.807) is 0 Å². The highest BCUT2D eigenvalue weighted by atomic mass is 32.1. The van der Waals surface area contributed by atoms with Crippen molar-refractivity contribution in [3.05, 3.63) is 57.3 Å². The van der Waals surface area contributed by atoms with E-state index in [-0.39, 0.29) is 31.1 Å². The van der Waals surface area contributed by atoms with E-state index in [1.807, 2.05) is 24.3 Å². The summed E-state index contributed by atoms with van der Waals surface area (Å²) in [5.74, 6) is -5.01. The van der Waals surface area contributed by atoms with Crippen molar-refractivity contribution >= 4 is 29.0 Å². The monoisotopic (exact) mass is 535 g/mol. The third-order valence-corrected chi connectivity index (χ3v) is 7.64. The van der Waals surface area contributed by atoms with E-state index in [0.717, 1.165) is 23.3 Å². The molecule has 1 atom stereocenters. The number of quaternary nitrogens is 1. The van der Waals surface area contributed by atoms with Crippen molar-refractivity contribution < 1.29 is 50.2 Å². The number of alkyl halides is 6. The van der Waals surface area contributed by atoms with E-state index in [2.05, 4.69) is 0 Å². The van der Waals surface area contributed by atoms with E-state index < -0.39 is 45.6 Å². The van der Waals surface area contributed by atoms with Crippen LogP contribution < -0.4 is 0 Å². The molecule has 13 heteroatoms. The van der Waals surface area contributed by atoms with Gasteiger partial charge in [0.1, 0.15) is 19.1 Å². The third-order valence-electron chi connectivity index (χ3n) is 6.56. The van der Waals surface area contributed by atoms with E-state index in [1.165, 1.54) is 4.90 Å². The number of carbonyl (C=O) groups is 3. The molecule has 1 amide bonds. The molecule has 1 aliphatic heterocycles. The van der Waals surface area contributed by atoms with Crippen LogP contribution in [0.3, 0.4) is 0 Å². The molecule has 0 saturated carbocycles. The molecule has 1 aliphatic carbocycles. The first-order valence-corrected chi connectivity index (χ1v) is 11.9. The Labute approximate surface area is 205 Å². The van der Waals surface area contributed by atoms with Crippen LogP contribution in [0, 0.1) is 0 Å². The fraction of sp³-hybridized carbons (Fsp3) is 0.435. The Bertz CT molecular complexity index is 1170. The molecule has 0 bridgehead atoms. The maximum absolute atomic E-state index is 13.1. The lowest BCUT2D eigenvalue weighted by Crippen LogP contribution is -2.66. The predicted octanol–water partition coefficient (Wildman–Crippen LogP) is 4.34. The molecule has 6 nitrogen and oxygen atoms in total. The first kappa shape index (κ1) is 26.1. The smallest absolute Gasteiger partial charge is 0.326 e. The van der Waals surface area contributed by atoms with Crippen LogP contribution in [0.4, 0.5) is 26.3 Å². The van der Waals surface area contributed by atoms with Gasteiger partial charge in [0.15, 0.2) is 0 Å². The molecule has 1 aromatic heterocycles. The first-order chi connectivity index (χ1) is 16.8. The zero-order valence-corrected chi connectivity index (χ0v) is 19.5. The van der Waals surface area contributed by atoms with Gasteiger partial charge in [-0.3, -0.25) is 14.4 Å². The molecule has 1 unspecified atom stereocenters. The lowest BCUT2D eigenvalue weighted by Gasteiger charge is -2.46. The van der Waals surface area contributed by atoms with Crippen LogP contribution in [-0.2, 0) is 22.5 Å². The van der Waals surface area contributed by atoms with E-state index in [0.29, 0.717) is 30.6 Å². The van der Waals surface area contributed by atoms with Crippen molar-refractivity contribution in [3.63, 3.8) is 0 Å². The van der Waals surface area contributed by atoms with Gasteiger partial charge < -0.3 is 4.90 Å². The van der Waals surface area contributed by atoms with Crippen molar-refractivity contribution in [3.8, 4) is 0 Å². The number of hydrogen-bond acceptors (Lipinski definition) is 5. The number of nitrogens with zero attached hydrogens (tertiary/aromatic N) is 2. The van der Waals surface area contributed by atoms with Gasteiger partial charge in [0, 0.05) is 12.8 Å². The highest BCUT2D eigenvalue weighted by molar-refractivity contribution is 7.16. The number of Topliss-reactive ketones (excluding diaryl/α,β-unsaturated/α-hetero) is 1. The lowest BCUT2D eigenvalue weighted by atomic mass is 9.87. The maximum atomic E-state index is 13.1. The zero-order valence-electron chi connectivity index (χ0n) is 18.7. The highest BCUT2D eigenvalue weighted by Crippen LogP contribution is 2.34. The second-order valence-electron chi connectivity index (χ2n) is 8.72. The van der Waals surface area contributed by atoms with Gasteiger partial charge in [0.05, 0.1) is 22.8 Å². The molecule has 2 heterocycles. The second-order valence-corrected chi connectivity index (χ2v) is 9.81. The van der Waals surface area contributed by atoms with Crippen molar-refractivity contribution in [2.24, 2.45) is 0 Å². The molecule has 0 radical (unpaired) electrons. The predicted molar refractivity (Wildman–Crippen MR) is 115 cm³/mol. The topological polar surface area (TPSA) is 63.7 Å². The Hall–Kier alpha value is -2.93. The number of hydrogen-bond donors (Lipinski definition) is 0. The van der Waals surface area contributed by atoms with Gasteiger partial charge in [-0.05, 0) is 29.7 Å². The molecule has 1 saturated heterocycles. The molecule has 0 N–H and O–H groups in total. The molecule has 1 fully saturated rings. The van der Waals surface area contributed by atoms with Crippen LogP contribution in [0.1, 0.15) is 36.9 Å². The van der Waals surface area contributed by atoms with Crippen LogP contribution >= 0.6 is 11.3 Å². The number of piperazine rings is 1. The number of hydroxylamine groups is 3. The van der Waals surface area contributed by atoms with Gasteiger partial charge in [0.25, 0.3) is 11.7 Å². The summed E-state index contributed by atoms with van der Waals surface area (Å²) in [6.45, 7) is -0.384. The average Bonchev–Trinajstić information content (AvgIpc) is 3.32. The molecule has 1 aromatic carbocycles. The molecule has 36 heavy (non-hydrogen) atoms. The molecule has 4 rings (SSSR count). The van der Waals surface area contributed by atoms with Crippen LogP contribution in [0.2, 0.25) is 0 Å². The summed E-state index contributed by atoms with van der Waals surface area (Å²) in [6, 6.07) is 9.08. The van der Waals surface area contributed by atoms with Crippen LogP contribution in [0.5, 0.6) is 0 Å². The normalized spacial score (nSPS) is 19.9. The number of benzene rings is 1. The SMILES string of the molecule is O=C(c1ccc(C(=O)C(F)(F)F)s1)N1CC[N+](OC(=O)C(F)(F)F)(C2CCc3ccccc3C2)CC1. The van der Waals surface area contributed by atoms with Crippen LogP contribution in [0.25, 0.3) is 0 Å². The van der Waals surface area contributed by atoms with Gasteiger partial charge in [-0.25, -0.2) is 4.79 Å². The number of ketones is 1. The molecule has 0 spiro atoms. The number of fused-ring (bicyclic) bond motifs is 1. The average molecular weight is 535 g/mol. The minimum absolute atomic E-state index is 0.0808. The van der Waals surface area contributed by atoms with Gasteiger partial charge in [0.2, 0.25) is 0 Å². The number of amides is 1. The maximum Gasteiger partial charge on any atom is 0.497 e. The Balaban J connectivity index is 1.52. The van der Waals surface area contributed by atoms with Gasteiger partial charge in [-0.2, -0.15) is 26.3 Å². The Morgan fingerprint density at radius 2 is 1.50 bits per heavy atom. The summed E-state index contributed by atoms with van der Waals surface area (Å²) in [4.78, 5) is 41.8. The number of rotatable bonds is 4. The molecular weight excluding hydrogens is 514 g/mol. The molecule has 2 aromatic rings. The number of halogens is 6. The van der Waals surface area contributed by atoms with Crippen LogP contribution in [-0.4, -0.2) is 71.8 Å². The molecule has 2 aliphatic rings. The van der Waals surface area contributed by atoms with Gasteiger partial charge in [-0.1, -0.05) is 24.3 Å². The highest BCUT2D eigenvalue weighted by Gasteiger charge is 2.53.